The average molecular weight is 329 g/mol. The molecular formula is C16H19N5O3. The maximum Gasteiger partial charge on any atom is 0.327 e. The van der Waals surface area contributed by atoms with E-state index in [-0.39, 0.29) is 11.6 Å². The minimum Gasteiger partial charge on any atom is -0.346 e. The number of hydrogen-bond acceptors (Lipinski definition) is 4. The summed E-state index contributed by atoms with van der Waals surface area (Å²) in [5.74, 6) is -2.31. The summed E-state index contributed by atoms with van der Waals surface area (Å²) in [6, 6.07) is 9.50. The molecule has 0 saturated heterocycles. The van der Waals surface area contributed by atoms with Crippen LogP contribution in [0.3, 0.4) is 0 Å². The monoisotopic (exact) mass is 329 g/mol. The minimum atomic E-state index is -0.936. The lowest BCUT2D eigenvalue weighted by molar-refractivity contribution is -0.139. The summed E-state index contributed by atoms with van der Waals surface area (Å²) < 4.78 is 1.61. The standard InChI is InChI=1S/C16H19N5O3/c1-11(2)18-15(23)16(24)20-19-14(22)13-8-17-21(10-13)9-12-6-4-3-5-7-12/h3-8,10-11H,9H2,1-2H3,(H,18,23)(H,19,22)(H,20,24). The summed E-state index contributed by atoms with van der Waals surface area (Å²) in [5, 5.41) is 6.52. The summed E-state index contributed by atoms with van der Waals surface area (Å²) in [5.41, 5.74) is 5.56. The van der Waals surface area contributed by atoms with Crippen LogP contribution in [0.25, 0.3) is 0 Å². The van der Waals surface area contributed by atoms with Crippen molar-refractivity contribution in [1.82, 2.24) is 25.9 Å². The third-order valence-electron chi connectivity index (χ3n) is 3.00. The fourth-order valence-corrected chi connectivity index (χ4v) is 1.91. The number of hydrazine groups is 1. The fourth-order valence-electron chi connectivity index (χ4n) is 1.91. The molecule has 0 aliphatic carbocycles. The van der Waals surface area contributed by atoms with Gasteiger partial charge >= 0.3 is 11.8 Å². The average Bonchev–Trinajstić information content (AvgIpc) is 3.01. The maximum absolute atomic E-state index is 11.9. The molecule has 0 unspecified atom stereocenters. The quantitative estimate of drug-likeness (QED) is 0.551. The molecule has 1 aromatic carbocycles. The number of amides is 3. The Hall–Kier alpha value is -3.16. The van der Waals surface area contributed by atoms with Crippen LogP contribution >= 0.6 is 0 Å². The second-order valence-corrected chi connectivity index (χ2v) is 5.45. The molecule has 2 rings (SSSR count). The summed E-state index contributed by atoms with van der Waals surface area (Å²) in [7, 11) is 0. The van der Waals surface area contributed by atoms with Gasteiger partial charge in [0, 0.05) is 12.2 Å². The lowest BCUT2D eigenvalue weighted by Crippen LogP contribution is -2.49. The van der Waals surface area contributed by atoms with E-state index in [4.69, 9.17) is 0 Å². The molecule has 0 saturated carbocycles. The first-order chi connectivity index (χ1) is 11.5. The van der Waals surface area contributed by atoms with E-state index < -0.39 is 17.7 Å². The van der Waals surface area contributed by atoms with Gasteiger partial charge in [-0.15, -0.1) is 0 Å². The molecule has 8 heteroatoms. The highest BCUT2D eigenvalue weighted by molar-refractivity contribution is 6.35. The van der Waals surface area contributed by atoms with Crippen molar-refractivity contribution in [2.45, 2.75) is 26.4 Å². The van der Waals surface area contributed by atoms with E-state index in [0.29, 0.717) is 6.54 Å². The minimum absolute atomic E-state index is 0.171. The van der Waals surface area contributed by atoms with Crippen molar-refractivity contribution in [2.24, 2.45) is 0 Å². The van der Waals surface area contributed by atoms with Crippen molar-refractivity contribution in [2.75, 3.05) is 0 Å². The van der Waals surface area contributed by atoms with Gasteiger partial charge < -0.3 is 5.32 Å². The number of carbonyl (C=O) groups excluding carboxylic acids is 3. The first kappa shape index (κ1) is 17.2. The van der Waals surface area contributed by atoms with E-state index in [1.807, 2.05) is 30.3 Å². The number of aromatic nitrogens is 2. The Morgan fingerprint density at radius 1 is 1.08 bits per heavy atom. The van der Waals surface area contributed by atoms with Gasteiger partial charge in [0.25, 0.3) is 5.91 Å². The smallest absolute Gasteiger partial charge is 0.327 e. The molecular weight excluding hydrogens is 310 g/mol. The SMILES string of the molecule is CC(C)NC(=O)C(=O)NNC(=O)c1cnn(Cc2ccccc2)c1. The number of nitrogens with one attached hydrogen (secondary N) is 3. The van der Waals surface area contributed by atoms with Crippen LogP contribution in [0.2, 0.25) is 0 Å². The summed E-state index contributed by atoms with van der Waals surface area (Å²) >= 11 is 0. The van der Waals surface area contributed by atoms with Gasteiger partial charge in [0.15, 0.2) is 0 Å². The molecule has 0 radical (unpaired) electrons. The predicted octanol–water partition coefficient (Wildman–Crippen LogP) is 0.217. The van der Waals surface area contributed by atoms with Crippen molar-refractivity contribution in [3.63, 3.8) is 0 Å². The molecule has 126 valence electrons. The number of benzene rings is 1. The zero-order valence-corrected chi connectivity index (χ0v) is 13.4. The Kier molecular flexibility index (Phi) is 5.67. The van der Waals surface area contributed by atoms with Crippen molar-refractivity contribution < 1.29 is 14.4 Å². The van der Waals surface area contributed by atoms with Gasteiger partial charge in [-0.3, -0.25) is 29.9 Å². The Labute approximate surface area is 139 Å². The highest BCUT2D eigenvalue weighted by atomic mass is 16.2. The van der Waals surface area contributed by atoms with E-state index in [1.54, 1.807) is 24.7 Å². The molecule has 0 atom stereocenters. The van der Waals surface area contributed by atoms with Gasteiger partial charge in [0.05, 0.1) is 18.3 Å². The third-order valence-corrected chi connectivity index (χ3v) is 3.00. The van der Waals surface area contributed by atoms with Crippen LogP contribution in [0, 0.1) is 0 Å². The number of carbonyl (C=O) groups is 3. The number of rotatable bonds is 4. The molecule has 0 aliphatic heterocycles. The van der Waals surface area contributed by atoms with Crippen LogP contribution in [-0.4, -0.2) is 33.5 Å². The maximum atomic E-state index is 11.9. The van der Waals surface area contributed by atoms with Crippen molar-refractivity contribution >= 4 is 17.7 Å². The molecule has 8 nitrogen and oxygen atoms in total. The normalized spacial score (nSPS) is 10.3. The Morgan fingerprint density at radius 2 is 1.79 bits per heavy atom. The number of nitrogens with zero attached hydrogens (tertiary/aromatic N) is 2. The molecule has 3 N–H and O–H groups in total. The molecule has 0 aliphatic rings. The number of hydrogen-bond donors (Lipinski definition) is 3. The molecule has 1 aromatic heterocycles. The van der Waals surface area contributed by atoms with E-state index in [2.05, 4.69) is 21.3 Å². The van der Waals surface area contributed by atoms with Gasteiger partial charge in [0.2, 0.25) is 0 Å². The molecule has 1 heterocycles. The molecule has 3 amide bonds. The first-order valence-electron chi connectivity index (χ1n) is 7.43. The van der Waals surface area contributed by atoms with Crippen LogP contribution in [0.5, 0.6) is 0 Å². The Bertz CT molecular complexity index is 724. The molecule has 24 heavy (non-hydrogen) atoms. The van der Waals surface area contributed by atoms with Gasteiger partial charge in [-0.1, -0.05) is 30.3 Å². The summed E-state index contributed by atoms with van der Waals surface area (Å²) in [6.07, 6.45) is 2.95. The highest BCUT2D eigenvalue weighted by Crippen LogP contribution is 2.03. The van der Waals surface area contributed by atoms with Crippen molar-refractivity contribution in [1.29, 1.82) is 0 Å². The van der Waals surface area contributed by atoms with Crippen LogP contribution in [-0.2, 0) is 16.1 Å². The van der Waals surface area contributed by atoms with Gasteiger partial charge in [-0.2, -0.15) is 5.10 Å². The second kappa shape index (κ2) is 7.91. The third kappa shape index (κ3) is 4.94. The molecule has 0 bridgehead atoms. The predicted molar refractivity (Wildman–Crippen MR) is 86.7 cm³/mol. The largest absolute Gasteiger partial charge is 0.346 e. The second-order valence-electron chi connectivity index (χ2n) is 5.45. The summed E-state index contributed by atoms with van der Waals surface area (Å²) in [6.45, 7) is 3.98. The highest BCUT2D eigenvalue weighted by Gasteiger charge is 2.16. The van der Waals surface area contributed by atoms with Gasteiger partial charge in [0.1, 0.15) is 0 Å². The fraction of sp³-hybridized carbons (Fsp3) is 0.250. The zero-order chi connectivity index (χ0) is 17.5. The lowest BCUT2D eigenvalue weighted by atomic mass is 10.2. The Morgan fingerprint density at radius 3 is 2.46 bits per heavy atom. The van der Waals surface area contributed by atoms with Crippen LogP contribution < -0.4 is 16.2 Å². The zero-order valence-electron chi connectivity index (χ0n) is 13.4. The lowest BCUT2D eigenvalue weighted by Gasteiger charge is -2.09. The van der Waals surface area contributed by atoms with Crippen LogP contribution in [0.15, 0.2) is 42.7 Å². The molecule has 0 spiro atoms. The van der Waals surface area contributed by atoms with Gasteiger partial charge in [-0.05, 0) is 19.4 Å². The van der Waals surface area contributed by atoms with E-state index in [0.717, 1.165) is 5.56 Å². The van der Waals surface area contributed by atoms with E-state index >= 15 is 0 Å². The molecule has 2 aromatic rings. The van der Waals surface area contributed by atoms with Crippen molar-refractivity contribution in [3.8, 4) is 0 Å². The first-order valence-corrected chi connectivity index (χ1v) is 7.43. The van der Waals surface area contributed by atoms with Crippen molar-refractivity contribution in [3.05, 3.63) is 53.9 Å². The summed E-state index contributed by atoms with van der Waals surface area (Å²) in [4.78, 5) is 34.9. The Balaban J connectivity index is 1.87. The molecule has 0 fully saturated rings. The van der Waals surface area contributed by atoms with Crippen LogP contribution in [0.1, 0.15) is 29.8 Å². The van der Waals surface area contributed by atoms with E-state index in [9.17, 15) is 14.4 Å². The van der Waals surface area contributed by atoms with E-state index in [1.165, 1.54) is 6.20 Å². The van der Waals surface area contributed by atoms with Gasteiger partial charge in [-0.25, -0.2) is 0 Å². The topological polar surface area (TPSA) is 105 Å². The van der Waals surface area contributed by atoms with Crippen LogP contribution in [0.4, 0.5) is 0 Å².